The highest BCUT2D eigenvalue weighted by molar-refractivity contribution is 5.49. The van der Waals surface area contributed by atoms with Gasteiger partial charge in [-0.1, -0.05) is 12.1 Å². The summed E-state index contributed by atoms with van der Waals surface area (Å²) in [6.07, 6.45) is 5.88. The van der Waals surface area contributed by atoms with E-state index in [0.29, 0.717) is 37.5 Å². The van der Waals surface area contributed by atoms with Gasteiger partial charge in [0.1, 0.15) is 13.2 Å². The molecular weight excluding hydrogens is 290 g/mol. The molecule has 5 rings (SSSR count). The van der Waals surface area contributed by atoms with E-state index in [-0.39, 0.29) is 0 Å². The van der Waals surface area contributed by atoms with Crippen molar-refractivity contribution in [3.8, 4) is 11.5 Å². The molecule has 5 nitrogen and oxygen atoms in total. The van der Waals surface area contributed by atoms with Gasteiger partial charge in [0.2, 0.25) is 5.95 Å². The lowest BCUT2D eigenvalue weighted by molar-refractivity contribution is 0.170. The summed E-state index contributed by atoms with van der Waals surface area (Å²) in [4.78, 5) is 9.27. The van der Waals surface area contributed by atoms with Crippen LogP contribution in [-0.2, 0) is 6.54 Å². The number of aromatic nitrogens is 2. The number of hydrogen-bond acceptors (Lipinski definition) is 5. The van der Waals surface area contributed by atoms with Crippen LogP contribution in [0.3, 0.4) is 0 Å². The summed E-state index contributed by atoms with van der Waals surface area (Å²) in [5.41, 5.74) is 3.72. The molecule has 2 aliphatic carbocycles. The fourth-order valence-electron chi connectivity index (χ4n) is 4.09. The Balaban J connectivity index is 1.37. The molecule has 3 aliphatic rings. The molecule has 2 heterocycles. The minimum absolute atomic E-state index is 0.600. The van der Waals surface area contributed by atoms with E-state index in [9.17, 15) is 0 Å². The highest BCUT2D eigenvalue weighted by Crippen LogP contribution is 2.52. The van der Waals surface area contributed by atoms with Crippen molar-refractivity contribution in [2.24, 2.45) is 0 Å². The Morgan fingerprint density at radius 2 is 2.04 bits per heavy atom. The second-order valence-corrected chi connectivity index (χ2v) is 6.54. The van der Waals surface area contributed by atoms with Gasteiger partial charge in [-0.15, -0.1) is 0 Å². The summed E-state index contributed by atoms with van der Waals surface area (Å²) in [7, 11) is 0. The fourth-order valence-corrected chi connectivity index (χ4v) is 4.09. The van der Waals surface area contributed by atoms with E-state index in [1.165, 1.54) is 30.5 Å². The van der Waals surface area contributed by atoms with Gasteiger partial charge in [0.15, 0.2) is 11.5 Å². The molecule has 1 N–H and O–H groups in total. The first kappa shape index (κ1) is 13.2. The van der Waals surface area contributed by atoms with Gasteiger partial charge in [0.05, 0.1) is 5.69 Å². The zero-order valence-corrected chi connectivity index (χ0v) is 12.9. The topological polar surface area (TPSA) is 56.3 Å². The summed E-state index contributed by atoms with van der Waals surface area (Å²) in [6.45, 7) is 1.85. The monoisotopic (exact) mass is 309 g/mol. The molecule has 1 aliphatic heterocycles. The molecule has 2 aromatic rings. The maximum absolute atomic E-state index is 5.75. The van der Waals surface area contributed by atoms with Crippen LogP contribution in [0.15, 0.2) is 24.4 Å². The number of anilines is 1. The number of nitrogens with one attached hydrogen (secondary N) is 1. The van der Waals surface area contributed by atoms with E-state index in [2.05, 4.69) is 16.4 Å². The summed E-state index contributed by atoms with van der Waals surface area (Å²) < 4.78 is 11.4. The van der Waals surface area contributed by atoms with Crippen molar-refractivity contribution in [2.75, 3.05) is 18.5 Å². The Labute approximate surface area is 135 Å². The zero-order valence-electron chi connectivity index (χ0n) is 12.9. The van der Waals surface area contributed by atoms with Crippen LogP contribution in [0, 0.1) is 0 Å². The van der Waals surface area contributed by atoms with Crippen molar-refractivity contribution in [3.63, 3.8) is 0 Å². The summed E-state index contributed by atoms with van der Waals surface area (Å²) in [6, 6.07) is 5.99. The van der Waals surface area contributed by atoms with Crippen LogP contribution in [-0.4, -0.2) is 23.2 Å². The molecule has 1 aromatic carbocycles. The molecule has 1 aromatic heterocycles. The van der Waals surface area contributed by atoms with Gasteiger partial charge < -0.3 is 14.8 Å². The molecule has 1 fully saturated rings. The van der Waals surface area contributed by atoms with Crippen LogP contribution in [0.2, 0.25) is 0 Å². The molecule has 0 spiro atoms. The lowest BCUT2D eigenvalue weighted by Gasteiger charge is -2.21. The van der Waals surface area contributed by atoms with Gasteiger partial charge in [-0.2, -0.15) is 0 Å². The second-order valence-electron chi connectivity index (χ2n) is 6.54. The van der Waals surface area contributed by atoms with Gasteiger partial charge in [-0.05, 0) is 36.8 Å². The van der Waals surface area contributed by atoms with Gasteiger partial charge >= 0.3 is 0 Å². The van der Waals surface area contributed by atoms with Crippen molar-refractivity contribution < 1.29 is 9.47 Å². The molecule has 2 unspecified atom stereocenters. The molecule has 2 bridgehead atoms. The highest BCUT2D eigenvalue weighted by atomic mass is 16.6. The molecule has 5 heteroatoms. The molecular formula is C18H19N3O2. The van der Waals surface area contributed by atoms with Crippen LogP contribution in [0.1, 0.15) is 47.9 Å². The van der Waals surface area contributed by atoms with Gasteiger partial charge in [0, 0.05) is 24.2 Å². The van der Waals surface area contributed by atoms with Crippen molar-refractivity contribution in [2.45, 2.75) is 37.6 Å². The average molecular weight is 309 g/mol. The third kappa shape index (κ3) is 2.14. The third-order valence-corrected chi connectivity index (χ3v) is 5.19. The Kier molecular flexibility index (Phi) is 2.93. The summed E-state index contributed by atoms with van der Waals surface area (Å²) in [5.74, 6) is 3.73. The Hall–Kier alpha value is -2.30. The number of nitrogens with zero attached hydrogens (tertiary/aromatic N) is 2. The van der Waals surface area contributed by atoms with E-state index in [1.54, 1.807) is 0 Å². The van der Waals surface area contributed by atoms with Crippen molar-refractivity contribution in [1.29, 1.82) is 0 Å². The minimum atomic E-state index is 0.600. The Morgan fingerprint density at radius 1 is 1.13 bits per heavy atom. The fraction of sp³-hybridized carbons (Fsp3) is 0.444. The number of ether oxygens (including phenoxy) is 2. The first-order valence-corrected chi connectivity index (χ1v) is 8.36. The zero-order chi connectivity index (χ0) is 15.2. The van der Waals surface area contributed by atoms with E-state index in [0.717, 1.165) is 17.1 Å². The molecule has 2 atom stereocenters. The minimum Gasteiger partial charge on any atom is -0.486 e. The van der Waals surface area contributed by atoms with Crippen molar-refractivity contribution in [3.05, 3.63) is 41.2 Å². The van der Waals surface area contributed by atoms with Crippen LogP contribution in [0.5, 0.6) is 11.5 Å². The van der Waals surface area contributed by atoms with E-state index in [1.807, 2.05) is 18.3 Å². The second kappa shape index (κ2) is 5.11. The van der Waals surface area contributed by atoms with Crippen LogP contribution in [0.4, 0.5) is 5.95 Å². The summed E-state index contributed by atoms with van der Waals surface area (Å²) >= 11 is 0. The average Bonchev–Trinajstić information content (AvgIpc) is 3.22. The standard InChI is InChI=1S/C18H19N3O2/c1-2-13(17-15(3-1)22-6-7-23-17)9-19-18-20-10-14-11-4-5-12(8-11)16(14)21-18/h1-3,10-12H,4-9H2,(H,19,20,21). The number of para-hydroxylation sites is 1. The van der Waals surface area contributed by atoms with Crippen molar-refractivity contribution >= 4 is 5.95 Å². The molecule has 118 valence electrons. The lowest BCUT2D eigenvalue weighted by Crippen LogP contribution is -2.17. The normalized spacial score (nSPS) is 23.7. The van der Waals surface area contributed by atoms with E-state index >= 15 is 0 Å². The first-order chi connectivity index (χ1) is 11.4. The SMILES string of the molecule is c1cc(CNc2ncc3c(n2)C2CCC3C2)c2c(c1)OCCO2. The maximum atomic E-state index is 5.75. The lowest BCUT2D eigenvalue weighted by atomic mass is 9.98. The number of fused-ring (bicyclic) bond motifs is 6. The van der Waals surface area contributed by atoms with E-state index < -0.39 is 0 Å². The predicted molar refractivity (Wildman–Crippen MR) is 86.1 cm³/mol. The smallest absolute Gasteiger partial charge is 0.223 e. The molecule has 1 saturated carbocycles. The Bertz CT molecular complexity index is 762. The molecule has 23 heavy (non-hydrogen) atoms. The van der Waals surface area contributed by atoms with Crippen LogP contribution in [0.25, 0.3) is 0 Å². The molecule has 0 amide bonds. The van der Waals surface area contributed by atoms with Gasteiger partial charge in [-0.25, -0.2) is 9.97 Å². The third-order valence-electron chi connectivity index (χ3n) is 5.19. The Morgan fingerprint density at radius 3 is 3.04 bits per heavy atom. The number of benzene rings is 1. The molecule has 0 radical (unpaired) electrons. The highest BCUT2D eigenvalue weighted by Gasteiger charge is 2.38. The predicted octanol–water partition coefficient (Wildman–Crippen LogP) is 3.22. The summed E-state index contributed by atoms with van der Waals surface area (Å²) in [5, 5.41) is 3.34. The van der Waals surface area contributed by atoms with Crippen LogP contribution < -0.4 is 14.8 Å². The van der Waals surface area contributed by atoms with E-state index in [4.69, 9.17) is 14.5 Å². The quantitative estimate of drug-likeness (QED) is 0.943. The number of hydrogen-bond donors (Lipinski definition) is 1. The first-order valence-electron chi connectivity index (χ1n) is 8.36. The molecule has 0 saturated heterocycles. The van der Waals surface area contributed by atoms with Gasteiger partial charge in [0.25, 0.3) is 0 Å². The largest absolute Gasteiger partial charge is 0.486 e. The van der Waals surface area contributed by atoms with Crippen LogP contribution >= 0.6 is 0 Å². The number of rotatable bonds is 3. The van der Waals surface area contributed by atoms with Crippen molar-refractivity contribution in [1.82, 2.24) is 9.97 Å². The maximum Gasteiger partial charge on any atom is 0.223 e. The van der Waals surface area contributed by atoms with Gasteiger partial charge in [-0.3, -0.25) is 0 Å².